The van der Waals surface area contributed by atoms with Gasteiger partial charge >= 0.3 is 5.97 Å². The van der Waals surface area contributed by atoms with Crippen LogP contribution >= 0.6 is 0 Å². The molecule has 1 aliphatic heterocycles. The van der Waals surface area contributed by atoms with Crippen LogP contribution in [0.2, 0.25) is 0 Å². The number of carbonyl (C=O) groups is 3. The number of aryl methyl sites for hydroxylation is 1. The minimum absolute atomic E-state index is 0.0515. The van der Waals surface area contributed by atoms with E-state index in [9.17, 15) is 19.8 Å². The first-order chi connectivity index (χ1) is 13.4. The second-order valence-electron chi connectivity index (χ2n) is 6.62. The highest BCUT2D eigenvalue weighted by Gasteiger charge is 2.50. The Bertz CT molecular complexity index is 822. The number of aliphatic carboxylic acids is 1. The summed E-state index contributed by atoms with van der Waals surface area (Å²) in [5, 5.41) is 27.3. The molecule has 2 heterocycles. The third-order valence-electron chi connectivity index (χ3n) is 4.87. The highest BCUT2D eigenvalue weighted by molar-refractivity contribution is 5.91. The molecule has 3 rings (SSSR count). The summed E-state index contributed by atoms with van der Waals surface area (Å²) >= 11 is 0. The number of amides is 1. The Hall–Kier alpha value is -3.20. The van der Waals surface area contributed by atoms with Crippen LogP contribution < -0.4 is 0 Å². The Labute approximate surface area is 161 Å². The molecule has 28 heavy (non-hydrogen) atoms. The third kappa shape index (κ3) is 4.37. The predicted molar refractivity (Wildman–Crippen MR) is 98.6 cm³/mol. The molecule has 1 saturated heterocycles. The second-order valence-corrected chi connectivity index (χ2v) is 6.62. The number of carbonyl (C=O) groups excluding carboxylic acids is 1. The quantitative estimate of drug-likeness (QED) is 0.654. The molecular formula is C19H23N3O6. The van der Waals surface area contributed by atoms with Crippen LogP contribution in [0.3, 0.4) is 0 Å². The van der Waals surface area contributed by atoms with Crippen LogP contribution in [0.4, 0.5) is 0 Å². The lowest BCUT2D eigenvalue weighted by molar-refractivity contribution is -0.161. The van der Waals surface area contributed by atoms with E-state index < -0.39 is 17.5 Å². The second kappa shape index (κ2) is 9.14. The number of carboxylic acid groups (broad SMARTS) is 2. The number of aliphatic hydroxyl groups excluding tert-OH is 1. The number of nitrogens with zero attached hydrogens (tertiary/aromatic N) is 3. The van der Waals surface area contributed by atoms with Crippen molar-refractivity contribution in [1.29, 1.82) is 0 Å². The Balaban J connectivity index is 0.000000878. The van der Waals surface area contributed by atoms with E-state index >= 15 is 0 Å². The molecule has 3 N–H and O–H groups in total. The van der Waals surface area contributed by atoms with Gasteiger partial charge in [0, 0.05) is 32.5 Å². The predicted octanol–water partition coefficient (Wildman–Crippen LogP) is 0.641. The number of likely N-dealkylation sites (tertiary alicyclic amines) is 1. The maximum absolute atomic E-state index is 12.7. The highest BCUT2D eigenvalue weighted by Crippen LogP contribution is 2.35. The van der Waals surface area contributed by atoms with Gasteiger partial charge in [0.2, 0.25) is 0 Å². The fourth-order valence-electron chi connectivity index (χ4n) is 3.39. The van der Waals surface area contributed by atoms with E-state index in [-0.39, 0.29) is 37.6 Å². The van der Waals surface area contributed by atoms with Gasteiger partial charge in [-0.1, -0.05) is 30.3 Å². The lowest BCUT2D eigenvalue weighted by Crippen LogP contribution is -2.58. The van der Waals surface area contributed by atoms with Crippen molar-refractivity contribution in [3.05, 3.63) is 54.1 Å². The molecule has 9 nitrogen and oxygen atoms in total. The Morgan fingerprint density at radius 3 is 2.50 bits per heavy atom. The minimum atomic E-state index is -1.43. The zero-order chi connectivity index (χ0) is 20.7. The molecule has 1 aromatic carbocycles. The summed E-state index contributed by atoms with van der Waals surface area (Å²) in [6.45, 7) is 0.000761. The molecule has 1 amide bonds. The topological polar surface area (TPSA) is 133 Å². The molecule has 0 unspecified atom stereocenters. The Kier molecular flexibility index (Phi) is 6.89. The molecule has 1 fully saturated rings. The normalized spacial score (nSPS) is 21.4. The van der Waals surface area contributed by atoms with Gasteiger partial charge in [0.25, 0.3) is 12.4 Å². The molecule has 2 aromatic rings. The number of imidazole rings is 1. The fraction of sp³-hybridized carbons (Fsp3) is 0.368. The van der Waals surface area contributed by atoms with Crippen molar-refractivity contribution in [3.63, 3.8) is 0 Å². The summed E-state index contributed by atoms with van der Waals surface area (Å²) in [7, 11) is 1.72. The summed E-state index contributed by atoms with van der Waals surface area (Å²) in [4.78, 5) is 38.7. The highest BCUT2D eigenvalue weighted by atomic mass is 16.4. The molecule has 0 aliphatic carbocycles. The van der Waals surface area contributed by atoms with Gasteiger partial charge in [0.1, 0.15) is 5.41 Å². The van der Waals surface area contributed by atoms with Crippen molar-refractivity contribution < 1.29 is 29.7 Å². The van der Waals surface area contributed by atoms with Gasteiger partial charge in [-0.3, -0.25) is 14.4 Å². The summed E-state index contributed by atoms with van der Waals surface area (Å²) in [5.74, 6) is -1.16. The Morgan fingerprint density at radius 1 is 1.32 bits per heavy atom. The van der Waals surface area contributed by atoms with Crippen molar-refractivity contribution in [2.24, 2.45) is 12.5 Å². The van der Waals surface area contributed by atoms with Crippen LogP contribution in [0.5, 0.6) is 0 Å². The number of carboxylic acids is 1. The van der Waals surface area contributed by atoms with E-state index in [4.69, 9.17) is 9.90 Å². The maximum atomic E-state index is 12.7. The smallest absolute Gasteiger partial charge is 0.314 e. The first-order valence-corrected chi connectivity index (χ1v) is 8.65. The lowest BCUT2D eigenvalue weighted by atomic mass is 9.73. The monoisotopic (exact) mass is 389 g/mol. The maximum Gasteiger partial charge on any atom is 0.314 e. The number of rotatable bonds is 4. The molecule has 0 bridgehead atoms. The fourth-order valence-corrected chi connectivity index (χ4v) is 3.39. The first-order valence-electron chi connectivity index (χ1n) is 8.65. The van der Waals surface area contributed by atoms with E-state index in [0.717, 1.165) is 5.56 Å². The molecule has 1 aromatic heterocycles. The standard InChI is InChI=1S/C18H21N3O4.CH2O2/c1-20-10-8-19-15(20)16(23)21-9-7-14(22)18(12-21,17(24)25)11-13-5-3-2-4-6-13;2-1-3/h2-6,8,10,14,22H,7,9,11-12H2,1H3,(H,24,25);1H,(H,2,3)/t14-,18+;/m0./s1. The SMILES string of the molecule is Cn1ccnc1C(=O)N1CC[C@H](O)[C@](Cc2ccccc2)(C(=O)O)C1.O=CO. The van der Waals surface area contributed by atoms with E-state index in [2.05, 4.69) is 4.98 Å². The van der Waals surface area contributed by atoms with Crippen LogP contribution in [-0.2, 0) is 23.1 Å². The third-order valence-corrected chi connectivity index (χ3v) is 4.87. The van der Waals surface area contributed by atoms with Crippen LogP contribution in [0.25, 0.3) is 0 Å². The summed E-state index contributed by atoms with van der Waals surface area (Å²) in [6.07, 6.45) is 2.56. The molecule has 9 heteroatoms. The average Bonchev–Trinajstić information content (AvgIpc) is 3.10. The van der Waals surface area contributed by atoms with Gasteiger partial charge in [0.05, 0.1) is 6.10 Å². The van der Waals surface area contributed by atoms with E-state index in [0.29, 0.717) is 6.54 Å². The minimum Gasteiger partial charge on any atom is -0.483 e. The zero-order valence-corrected chi connectivity index (χ0v) is 15.4. The lowest BCUT2D eigenvalue weighted by Gasteiger charge is -2.43. The van der Waals surface area contributed by atoms with Gasteiger partial charge in [-0.25, -0.2) is 4.98 Å². The van der Waals surface area contributed by atoms with Crippen molar-refractivity contribution in [1.82, 2.24) is 14.5 Å². The first kappa shape index (κ1) is 21.1. The van der Waals surface area contributed by atoms with Crippen LogP contribution in [0, 0.1) is 5.41 Å². The van der Waals surface area contributed by atoms with E-state index in [1.165, 1.54) is 11.1 Å². The van der Waals surface area contributed by atoms with Crippen molar-refractivity contribution in [3.8, 4) is 0 Å². The number of hydrogen-bond donors (Lipinski definition) is 3. The van der Waals surface area contributed by atoms with Gasteiger partial charge in [-0.2, -0.15) is 0 Å². The molecule has 2 atom stereocenters. The molecular weight excluding hydrogens is 366 g/mol. The van der Waals surface area contributed by atoms with Crippen LogP contribution in [0.15, 0.2) is 42.7 Å². The van der Waals surface area contributed by atoms with Gasteiger partial charge in [-0.05, 0) is 18.4 Å². The van der Waals surface area contributed by atoms with Crippen molar-refractivity contribution in [2.45, 2.75) is 18.9 Å². The van der Waals surface area contributed by atoms with Gasteiger partial charge < -0.3 is 24.8 Å². The molecule has 0 saturated carbocycles. The van der Waals surface area contributed by atoms with Gasteiger partial charge in [0.15, 0.2) is 5.82 Å². The zero-order valence-electron chi connectivity index (χ0n) is 15.4. The number of benzene rings is 1. The van der Waals surface area contributed by atoms with E-state index in [1.807, 2.05) is 30.3 Å². The summed E-state index contributed by atoms with van der Waals surface area (Å²) in [6, 6.07) is 9.17. The molecule has 1 aliphatic rings. The average molecular weight is 389 g/mol. The van der Waals surface area contributed by atoms with Crippen molar-refractivity contribution >= 4 is 18.3 Å². The molecule has 0 spiro atoms. The number of aromatic nitrogens is 2. The summed E-state index contributed by atoms with van der Waals surface area (Å²) < 4.78 is 1.60. The number of piperidine rings is 1. The molecule has 150 valence electrons. The van der Waals surface area contributed by atoms with Crippen LogP contribution in [-0.4, -0.2) is 67.3 Å². The van der Waals surface area contributed by atoms with Gasteiger partial charge in [-0.15, -0.1) is 0 Å². The largest absolute Gasteiger partial charge is 0.483 e. The summed E-state index contributed by atoms with van der Waals surface area (Å²) in [5.41, 5.74) is -0.615. The molecule has 0 radical (unpaired) electrons. The number of aliphatic hydroxyl groups is 1. The van der Waals surface area contributed by atoms with Crippen LogP contribution in [0.1, 0.15) is 22.6 Å². The van der Waals surface area contributed by atoms with Crippen molar-refractivity contribution in [2.75, 3.05) is 13.1 Å². The van der Waals surface area contributed by atoms with E-state index in [1.54, 1.807) is 17.8 Å². The number of hydrogen-bond acceptors (Lipinski definition) is 5. The Morgan fingerprint density at radius 2 is 1.96 bits per heavy atom.